The molecule has 0 bridgehead atoms. The van der Waals surface area contributed by atoms with Gasteiger partial charge in [-0.1, -0.05) is 0 Å². The number of imidazole rings is 1. The summed E-state index contributed by atoms with van der Waals surface area (Å²) in [7, 11) is 1.41. The van der Waals surface area contributed by atoms with Crippen molar-refractivity contribution < 1.29 is 13.9 Å². The van der Waals surface area contributed by atoms with Crippen LogP contribution in [-0.2, 0) is 6.42 Å². The average Bonchev–Trinajstić information content (AvgIpc) is 2.94. The Bertz CT molecular complexity index is 572. The number of nitrogens with one attached hydrogen (secondary N) is 3. The molecule has 0 aliphatic carbocycles. The van der Waals surface area contributed by atoms with E-state index in [2.05, 4.69) is 20.6 Å². The van der Waals surface area contributed by atoms with Crippen molar-refractivity contribution >= 4 is 11.7 Å². The highest BCUT2D eigenvalue weighted by Crippen LogP contribution is 2.24. The molecule has 3 N–H and O–H groups in total. The van der Waals surface area contributed by atoms with Crippen LogP contribution in [0.4, 0.5) is 14.9 Å². The molecule has 106 valence electrons. The number of anilines is 1. The van der Waals surface area contributed by atoms with E-state index < -0.39 is 5.82 Å². The molecule has 0 unspecified atom stereocenters. The quantitative estimate of drug-likeness (QED) is 0.781. The van der Waals surface area contributed by atoms with Gasteiger partial charge < -0.3 is 20.4 Å². The molecule has 20 heavy (non-hydrogen) atoms. The Morgan fingerprint density at radius 3 is 3.05 bits per heavy atom. The van der Waals surface area contributed by atoms with E-state index in [1.54, 1.807) is 12.5 Å². The van der Waals surface area contributed by atoms with E-state index in [9.17, 15) is 9.18 Å². The number of nitrogens with zero attached hydrogens (tertiary/aromatic N) is 1. The number of aromatic nitrogens is 2. The molecule has 0 radical (unpaired) electrons. The normalized spacial score (nSPS) is 10.1. The van der Waals surface area contributed by atoms with E-state index >= 15 is 0 Å². The smallest absolute Gasteiger partial charge is 0.319 e. The minimum atomic E-state index is -0.424. The maximum absolute atomic E-state index is 13.0. The van der Waals surface area contributed by atoms with Crippen molar-refractivity contribution in [2.75, 3.05) is 19.0 Å². The van der Waals surface area contributed by atoms with E-state index in [0.29, 0.717) is 18.7 Å². The molecule has 2 amide bonds. The molecule has 0 aliphatic rings. The Hall–Kier alpha value is -2.57. The number of amides is 2. The van der Waals surface area contributed by atoms with E-state index in [0.717, 1.165) is 5.69 Å². The van der Waals surface area contributed by atoms with Gasteiger partial charge in [0, 0.05) is 30.9 Å². The van der Waals surface area contributed by atoms with E-state index in [1.807, 2.05) is 0 Å². The van der Waals surface area contributed by atoms with Crippen LogP contribution in [0.15, 0.2) is 30.7 Å². The van der Waals surface area contributed by atoms with Crippen molar-refractivity contribution in [1.29, 1.82) is 0 Å². The second kappa shape index (κ2) is 6.55. The molecule has 1 heterocycles. The highest BCUT2D eigenvalue weighted by Gasteiger charge is 2.08. The van der Waals surface area contributed by atoms with E-state index in [1.165, 1.54) is 25.3 Å². The molecule has 7 heteroatoms. The zero-order valence-electron chi connectivity index (χ0n) is 10.9. The summed E-state index contributed by atoms with van der Waals surface area (Å²) in [5.41, 5.74) is 1.35. The van der Waals surface area contributed by atoms with Gasteiger partial charge in [-0.2, -0.15) is 0 Å². The number of carbonyl (C=O) groups is 1. The summed E-state index contributed by atoms with van der Waals surface area (Å²) in [5, 5.41) is 5.29. The second-order valence-corrected chi connectivity index (χ2v) is 4.05. The van der Waals surface area contributed by atoms with Gasteiger partial charge in [0.05, 0.1) is 19.1 Å². The highest BCUT2D eigenvalue weighted by atomic mass is 19.1. The molecule has 2 rings (SSSR count). The largest absolute Gasteiger partial charge is 0.494 e. The number of hydrogen-bond acceptors (Lipinski definition) is 3. The first kappa shape index (κ1) is 13.9. The topological polar surface area (TPSA) is 79.0 Å². The number of rotatable bonds is 5. The van der Waals surface area contributed by atoms with Crippen LogP contribution >= 0.6 is 0 Å². The zero-order valence-corrected chi connectivity index (χ0v) is 10.9. The highest BCUT2D eigenvalue weighted by molar-refractivity contribution is 5.90. The third-order valence-corrected chi connectivity index (χ3v) is 2.65. The van der Waals surface area contributed by atoms with Crippen molar-refractivity contribution in [2.24, 2.45) is 0 Å². The molecule has 0 saturated carbocycles. The number of methoxy groups -OCH3 is 1. The van der Waals surface area contributed by atoms with Gasteiger partial charge in [-0.15, -0.1) is 0 Å². The van der Waals surface area contributed by atoms with Crippen molar-refractivity contribution in [3.05, 3.63) is 42.2 Å². The predicted molar refractivity (Wildman–Crippen MR) is 72.3 cm³/mol. The fraction of sp³-hybridized carbons (Fsp3) is 0.231. The van der Waals surface area contributed by atoms with Crippen LogP contribution in [0.1, 0.15) is 5.69 Å². The molecular weight excluding hydrogens is 263 g/mol. The van der Waals surface area contributed by atoms with Crippen LogP contribution in [0, 0.1) is 5.82 Å². The number of halogens is 1. The zero-order chi connectivity index (χ0) is 14.4. The molecule has 0 saturated heterocycles. The Labute approximate surface area is 115 Å². The molecule has 0 spiro atoms. The van der Waals surface area contributed by atoms with E-state index in [-0.39, 0.29) is 11.8 Å². The fourth-order valence-corrected chi connectivity index (χ4v) is 1.67. The maximum atomic E-state index is 13.0. The van der Waals surface area contributed by atoms with Crippen LogP contribution in [0.2, 0.25) is 0 Å². The van der Waals surface area contributed by atoms with Crippen LogP contribution in [0.5, 0.6) is 5.75 Å². The number of urea groups is 1. The Balaban J connectivity index is 1.85. The van der Waals surface area contributed by atoms with Gasteiger partial charge in [0.25, 0.3) is 0 Å². The SMILES string of the molecule is COc1cc(F)ccc1NC(=O)NCCc1cnc[nH]1. The molecule has 2 aromatic rings. The summed E-state index contributed by atoms with van der Waals surface area (Å²) in [6.45, 7) is 0.456. The van der Waals surface area contributed by atoms with Crippen molar-refractivity contribution in [1.82, 2.24) is 15.3 Å². The van der Waals surface area contributed by atoms with Gasteiger partial charge in [-0.3, -0.25) is 0 Å². The van der Waals surface area contributed by atoms with Crippen LogP contribution < -0.4 is 15.4 Å². The van der Waals surface area contributed by atoms with Gasteiger partial charge in [-0.25, -0.2) is 14.2 Å². The Morgan fingerprint density at radius 1 is 1.50 bits per heavy atom. The molecule has 0 fully saturated rings. The lowest BCUT2D eigenvalue weighted by Crippen LogP contribution is -2.30. The maximum Gasteiger partial charge on any atom is 0.319 e. The average molecular weight is 278 g/mol. The number of H-pyrrole nitrogens is 1. The third kappa shape index (κ3) is 3.71. The standard InChI is InChI=1S/C13H15FN4O2/c1-20-12-6-9(14)2-3-11(12)18-13(19)16-5-4-10-7-15-8-17-10/h2-3,6-8H,4-5H2,1H3,(H,15,17)(H2,16,18,19). The molecule has 0 atom stereocenters. The Morgan fingerprint density at radius 2 is 2.35 bits per heavy atom. The van der Waals surface area contributed by atoms with Crippen molar-refractivity contribution in [2.45, 2.75) is 6.42 Å². The summed E-state index contributed by atoms with van der Waals surface area (Å²) in [6, 6.07) is 3.53. The van der Waals surface area contributed by atoms with E-state index in [4.69, 9.17) is 4.74 Å². The van der Waals surface area contributed by atoms with Crippen LogP contribution in [0.25, 0.3) is 0 Å². The second-order valence-electron chi connectivity index (χ2n) is 4.05. The van der Waals surface area contributed by atoms with Crippen molar-refractivity contribution in [3.63, 3.8) is 0 Å². The van der Waals surface area contributed by atoms with Gasteiger partial charge in [0.15, 0.2) is 0 Å². The molecule has 1 aromatic heterocycles. The number of aromatic amines is 1. The first-order valence-electron chi connectivity index (χ1n) is 6.04. The summed E-state index contributed by atoms with van der Waals surface area (Å²) in [6.07, 6.45) is 3.93. The number of hydrogen-bond donors (Lipinski definition) is 3. The number of benzene rings is 1. The van der Waals surface area contributed by atoms with Gasteiger partial charge in [-0.05, 0) is 12.1 Å². The fourth-order valence-electron chi connectivity index (χ4n) is 1.67. The van der Waals surface area contributed by atoms with Crippen molar-refractivity contribution in [3.8, 4) is 5.75 Å². The summed E-state index contributed by atoms with van der Waals surface area (Å²) in [5.74, 6) is -0.152. The molecule has 1 aromatic carbocycles. The van der Waals surface area contributed by atoms with Gasteiger partial charge in [0.1, 0.15) is 11.6 Å². The summed E-state index contributed by atoms with van der Waals surface area (Å²) in [4.78, 5) is 18.5. The summed E-state index contributed by atoms with van der Waals surface area (Å²) < 4.78 is 18.0. The number of carbonyl (C=O) groups excluding carboxylic acids is 1. The monoisotopic (exact) mass is 278 g/mol. The molecule has 6 nitrogen and oxygen atoms in total. The van der Waals surface area contributed by atoms with Crippen LogP contribution in [-0.4, -0.2) is 29.7 Å². The molecule has 0 aliphatic heterocycles. The van der Waals surface area contributed by atoms with Gasteiger partial charge >= 0.3 is 6.03 Å². The Kier molecular flexibility index (Phi) is 4.54. The lowest BCUT2D eigenvalue weighted by Gasteiger charge is -2.11. The third-order valence-electron chi connectivity index (χ3n) is 2.65. The number of ether oxygens (including phenoxy) is 1. The first-order chi connectivity index (χ1) is 9.69. The predicted octanol–water partition coefficient (Wildman–Crippen LogP) is 1.92. The summed E-state index contributed by atoms with van der Waals surface area (Å²) >= 11 is 0. The first-order valence-corrected chi connectivity index (χ1v) is 6.04. The minimum absolute atomic E-state index is 0.272. The lowest BCUT2D eigenvalue weighted by molar-refractivity contribution is 0.252. The molecular formula is C13H15FN4O2. The van der Waals surface area contributed by atoms with Crippen LogP contribution in [0.3, 0.4) is 0 Å². The lowest BCUT2D eigenvalue weighted by atomic mass is 10.3. The van der Waals surface area contributed by atoms with Gasteiger partial charge in [0.2, 0.25) is 0 Å². The minimum Gasteiger partial charge on any atom is -0.494 e.